The van der Waals surface area contributed by atoms with Crippen molar-refractivity contribution in [2.45, 2.75) is 0 Å². The van der Waals surface area contributed by atoms with Gasteiger partial charge in [0.25, 0.3) is 0 Å². The molecule has 0 aliphatic heterocycles. The van der Waals surface area contributed by atoms with Gasteiger partial charge < -0.3 is 10.5 Å². The van der Waals surface area contributed by atoms with Crippen molar-refractivity contribution in [3.05, 3.63) is 44.1 Å². The summed E-state index contributed by atoms with van der Waals surface area (Å²) in [5.74, 6) is 0.193. The summed E-state index contributed by atoms with van der Waals surface area (Å²) in [6, 6.07) is 7.04. The fraction of sp³-hybridized carbons (Fsp3) is 0. The van der Waals surface area contributed by atoms with E-state index in [9.17, 15) is 10.1 Å². The molecule has 0 aliphatic carbocycles. The van der Waals surface area contributed by atoms with Crippen LogP contribution in [0.4, 0.5) is 11.6 Å². The fourth-order valence-corrected chi connectivity index (χ4v) is 1.73. The highest BCUT2D eigenvalue weighted by molar-refractivity contribution is 14.1. The number of nitrogen functional groups attached to an aromatic ring is 1. The van der Waals surface area contributed by atoms with E-state index in [1.54, 1.807) is 18.2 Å². The maximum absolute atomic E-state index is 10.8. The lowest BCUT2D eigenvalue weighted by molar-refractivity contribution is -0.386. The van der Waals surface area contributed by atoms with Crippen LogP contribution in [0.3, 0.4) is 0 Å². The van der Waals surface area contributed by atoms with Gasteiger partial charge in [-0.15, -0.1) is 0 Å². The van der Waals surface area contributed by atoms with Gasteiger partial charge in [-0.2, -0.15) is 4.98 Å². The first-order valence-electron chi connectivity index (χ1n) is 4.76. The average Bonchev–Trinajstić information content (AvgIpc) is 2.28. The third-order valence-corrected chi connectivity index (χ3v) is 2.63. The van der Waals surface area contributed by atoms with Gasteiger partial charge in [-0.25, -0.2) is 4.98 Å². The minimum atomic E-state index is -0.622. The Morgan fingerprint density at radius 3 is 2.89 bits per heavy atom. The molecule has 8 heteroatoms. The Labute approximate surface area is 115 Å². The number of hydrogen-bond donors (Lipinski definition) is 1. The van der Waals surface area contributed by atoms with Crippen LogP contribution >= 0.6 is 22.6 Å². The lowest BCUT2D eigenvalue weighted by Gasteiger charge is -2.05. The number of rotatable bonds is 3. The Kier molecular flexibility index (Phi) is 3.55. The number of ether oxygens (including phenoxy) is 1. The number of halogens is 1. The first-order valence-corrected chi connectivity index (χ1v) is 5.84. The summed E-state index contributed by atoms with van der Waals surface area (Å²) in [7, 11) is 0. The standard InChI is InChI=1S/C10H7IN4O3/c11-6-2-1-3-7(4-6)18-9-8(15(16)17)5-13-10(12)14-9/h1-5H,(H2,12,13,14). The average molecular weight is 358 g/mol. The highest BCUT2D eigenvalue weighted by Gasteiger charge is 2.19. The number of benzene rings is 1. The monoisotopic (exact) mass is 358 g/mol. The van der Waals surface area contributed by atoms with E-state index in [1.165, 1.54) is 0 Å². The van der Waals surface area contributed by atoms with Gasteiger partial charge in [0.15, 0.2) is 0 Å². The largest absolute Gasteiger partial charge is 0.434 e. The second-order valence-electron chi connectivity index (χ2n) is 3.24. The van der Waals surface area contributed by atoms with E-state index in [4.69, 9.17) is 10.5 Å². The van der Waals surface area contributed by atoms with Crippen LogP contribution in [0.25, 0.3) is 0 Å². The molecule has 1 aromatic carbocycles. The number of hydrogen-bond acceptors (Lipinski definition) is 6. The summed E-state index contributed by atoms with van der Waals surface area (Å²) in [5.41, 5.74) is 5.05. The summed E-state index contributed by atoms with van der Waals surface area (Å²) >= 11 is 2.11. The maximum atomic E-state index is 10.8. The van der Waals surface area contributed by atoms with Crippen molar-refractivity contribution in [1.29, 1.82) is 0 Å². The quantitative estimate of drug-likeness (QED) is 0.513. The van der Waals surface area contributed by atoms with Gasteiger partial charge in [0, 0.05) is 3.57 Å². The molecule has 0 amide bonds. The van der Waals surface area contributed by atoms with E-state index in [2.05, 4.69) is 32.6 Å². The van der Waals surface area contributed by atoms with Gasteiger partial charge in [0.1, 0.15) is 11.9 Å². The zero-order chi connectivity index (χ0) is 13.1. The Morgan fingerprint density at radius 1 is 1.44 bits per heavy atom. The van der Waals surface area contributed by atoms with Crippen molar-refractivity contribution in [2.75, 3.05) is 5.73 Å². The zero-order valence-electron chi connectivity index (χ0n) is 8.91. The Bertz CT molecular complexity index is 605. The SMILES string of the molecule is Nc1ncc([N+](=O)[O-])c(Oc2cccc(I)c2)n1. The van der Waals surface area contributed by atoms with Crippen LogP contribution in [0.2, 0.25) is 0 Å². The van der Waals surface area contributed by atoms with Crippen LogP contribution < -0.4 is 10.5 Å². The molecule has 2 N–H and O–H groups in total. The molecule has 2 rings (SSSR count). The molecule has 0 radical (unpaired) electrons. The molecule has 2 aromatic rings. The molecular weight excluding hydrogens is 351 g/mol. The minimum Gasteiger partial charge on any atom is -0.434 e. The van der Waals surface area contributed by atoms with Crippen LogP contribution in [0.15, 0.2) is 30.5 Å². The molecule has 0 spiro atoms. The van der Waals surface area contributed by atoms with Crippen molar-refractivity contribution < 1.29 is 9.66 Å². The van der Waals surface area contributed by atoms with Gasteiger partial charge in [-0.05, 0) is 40.8 Å². The molecule has 0 aliphatic rings. The van der Waals surface area contributed by atoms with Crippen LogP contribution in [-0.4, -0.2) is 14.9 Å². The van der Waals surface area contributed by atoms with E-state index < -0.39 is 4.92 Å². The lowest BCUT2D eigenvalue weighted by Crippen LogP contribution is -2.01. The number of nitrogens with two attached hydrogens (primary N) is 1. The van der Waals surface area contributed by atoms with Crippen LogP contribution in [-0.2, 0) is 0 Å². The summed E-state index contributed by atoms with van der Waals surface area (Å²) in [4.78, 5) is 17.5. The lowest BCUT2D eigenvalue weighted by atomic mass is 10.3. The highest BCUT2D eigenvalue weighted by atomic mass is 127. The predicted molar refractivity (Wildman–Crippen MR) is 72.3 cm³/mol. The van der Waals surface area contributed by atoms with E-state index in [1.807, 2.05) is 6.07 Å². The molecule has 7 nitrogen and oxygen atoms in total. The van der Waals surface area contributed by atoms with Crippen molar-refractivity contribution in [3.8, 4) is 11.6 Å². The molecule has 0 atom stereocenters. The van der Waals surface area contributed by atoms with Crippen molar-refractivity contribution in [3.63, 3.8) is 0 Å². The molecule has 1 heterocycles. The Hall–Kier alpha value is -1.97. The van der Waals surface area contributed by atoms with Crippen LogP contribution in [0.5, 0.6) is 11.6 Å². The predicted octanol–water partition coefficient (Wildman–Crippen LogP) is 2.36. The number of aromatic nitrogens is 2. The first-order chi connectivity index (χ1) is 8.56. The molecule has 18 heavy (non-hydrogen) atoms. The van der Waals surface area contributed by atoms with Crippen LogP contribution in [0.1, 0.15) is 0 Å². The second kappa shape index (κ2) is 5.12. The van der Waals surface area contributed by atoms with E-state index >= 15 is 0 Å². The zero-order valence-corrected chi connectivity index (χ0v) is 11.1. The van der Waals surface area contributed by atoms with E-state index in [-0.39, 0.29) is 17.5 Å². The minimum absolute atomic E-state index is 0.0822. The van der Waals surface area contributed by atoms with Gasteiger partial charge in [-0.3, -0.25) is 10.1 Å². The van der Waals surface area contributed by atoms with E-state index in [0.717, 1.165) is 9.77 Å². The van der Waals surface area contributed by atoms with Gasteiger partial charge in [-0.1, -0.05) is 6.07 Å². The third-order valence-electron chi connectivity index (χ3n) is 1.96. The summed E-state index contributed by atoms with van der Waals surface area (Å²) in [6.45, 7) is 0. The summed E-state index contributed by atoms with van der Waals surface area (Å²) in [6.07, 6.45) is 1.02. The molecule has 92 valence electrons. The van der Waals surface area contributed by atoms with Gasteiger partial charge in [0.05, 0.1) is 4.92 Å². The number of nitro groups is 1. The smallest absolute Gasteiger partial charge is 0.349 e. The molecule has 0 unspecified atom stereocenters. The highest BCUT2D eigenvalue weighted by Crippen LogP contribution is 2.29. The molecule has 0 saturated carbocycles. The van der Waals surface area contributed by atoms with E-state index in [0.29, 0.717) is 5.75 Å². The maximum Gasteiger partial charge on any atom is 0.349 e. The normalized spacial score (nSPS) is 10.1. The van der Waals surface area contributed by atoms with Gasteiger partial charge >= 0.3 is 11.6 Å². The molecule has 0 saturated heterocycles. The molecular formula is C10H7IN4O3. The summed E-state index contributed by atoms with van der Waals surface area (Å²) < 4.78 is 6.29. The fourth-order valence-electron chi connectivity index (χ4n) is 1.22. The third kappa shape index (κ3) is 2.83. The number of anilines is 1. The van der Waals surface area contributed by atoms with Crippen molar-refractivity contribution >= 4 is 34.2 Å². The van der Waals surface area contributed by atoms with Crippen molar-refractivity contribution in [2.24, 2.45) is 0 Å². The Balaban J connectivity index is 2.39. The van der Waals surface area contributed by atoms with Crippen LogP contribution in [0, 0.1) is 13.7 Å². The topological polar surface area (TPSA) is 104 Å². The van der Waals surface area contributed by atoms with Crippen molar-refractivity contribution in [1.82, 2.24) is 9.97 Å². The first kappa shape index (κ1) is 12.5. The number of nitrogens with zero attached hydrogens (tertiary/aromatic N) is 3. The Morgan fingerprint density at radius 2 is 2.22 bits per heavy atom. The second-order valence-corrected chi connectivity index (χ2v) is 4.48. The molecule has 0 bridgehead atoms. The summed E-state index contributed by atoms with van der Waals surface area (Å²) in [5, 5.41) is 10.8. The molecule has 0 fully saturated rings. The molecule has 1 aromatic heterocycles. The van der Waals surface area contributed by atoms with Gasteiger partial charge in [0.2, 0.25) is 5.95 Å².